The van der Waals surface area contributed by atoms with Crippen molar-refractivity contribution >= 4 is 43.8 Å². The van der Waals surface area contributed by atoms with E-state index in [1.807, 2.05) is 0 Å². The van der Waals surface area contributed by atoms with Gasteiger partial charge in [-0.3, -0.25) is 13.7 Å². The van der Waals surface area contributed by atoms with Crippen molar-refractivity contribution in [1.82, 2.24) is 14.7 Å². The number of H-pyrrole nitrogens is 1. The molecule has 0 radical (unpaired) electrons. The number of pyridine rings is 1. The van der Waals surface area contributed by atoms with Gasteiger partial charge in [-0.15, -0.1) is 0 Å². The number of nitrogens with one attached hydrogen (secondary N) is 2. The Morgan fingerprint density at radius 3 is 2.54 bits per heavy atom. The Bertz CT molecular complexity index is 1700. The van der Waals surface area contributed by atoms with E-state index in [-0.39, 0.29) is 28.7 Å². The average molecular weight is 575 g/mol. The molecule has 1 aliphatic carbocycles. The molecular weight excluding hydrogens is 550 g/mol. The fourth-order valence-corrected chi connectivity index (χ4v) is 6.18. The number of ketones is 1. The van der Waals surface area contributed by atoms with Crippen LogP contribution in [0.5, 0.6) is 0 Å². The molecule has 1 aliphatic rings. The van der Waals surface area contributed by atoms with Crippen LogP contribution in [0.1, 0.15) is 42.1 Å². The molecule has 9 nitrogen and oxygen atoms in total. The SMILES string of the molecule is CCCN(c1ccc(F)c(C(=O)c2c[nH]c3ncc(-c4ccc(S(=O)(=O)NC5CC5)cc4)cc23)c1F)S(=O)O. The summed E-state index contributed by atoms with van der Waals surface area (Å²) in [5.74, 6) is -3.33. The van der Waals surface area contributed by atoms with Crippen LogP contribution in [0.2, 0.25) is 0 Å². The fraction of sp³-hybridized carbons (Fsp3) is 0.231. The highest BCUT2D eigenvalue weighted by Crippen LogP contribution is 2.31. The maximum absolute atomic E-state index is 15.4. The van der Waals surface area contributed by atoms with Gasteiger partial charge >= 0.3 is 0 Å². The number of halogens is 2. The normalized spacial score (nSPS) is 14.5. The summed E-state index contributed by atoms with van der Waals surface area (Å²) in [6.07, 6.45) is 4.86. The van der Waals surface area contributed by atoms with E-state index in [0.29, 0.717) is 28.6 Å². The smallest absolute Gasteiger partial charge is 0.261 e. The Morgan fingerprint density at radius 1 is 1.18 bits per heavy atom. The molecule has 2 aromatic carbocycles. The second kappa shape index (κ2) is 10.6. The number of anilines is 1. The Labute approximate surface area is 225 Å². The first-order valence-corrected chi connectivity index (χ1v) is 14.7. The second-order valence-electron chi connectivity index (χ2n) is 9.16. The van der Waals surface area contributed by atoms with Crippen LogP contribution >= 0.6 is 0 Å². The van der Waals surface area contributed by atoms with Gasteiger partial charge in [-0.25, -0.2) is 31.1 Å². The van der Waals surface area contributed by atoms with E-state index >= 15 is 4.39 Å². The van der Waals surface area contributed by atoms with Crippen LogP contribution in [0.3, 0.4) is 0 Å². The number of aromatic nitrogens is 2. The van der Waals surface area contributed by atoms with Gasteiger partial charge in [-0.05, 0) is 55.2 Å². The summed E-state index contributed by atoms with van der Waals surface area (Å²) in [5.41, 5.74) is 0.199. The zero-order valence-corrected chi connectivity index (χ0v) is 22.3. The molecule has 204 valence electrons. The van der Waals surface area contributed by atoms with Crippen molar-refractivity contribution in [2.75, 3.05) is 10.8 Å². The Kier molecular flexibility index (Phi) is 7.33. The Balaban J connectivity index is 1.51. The number of hydrogen-bond donors (Lipinski definition) is 3. The molecule has 1 unspecified atom stereocenters. The molecule has 2 heterocycles. The number of aromatic amines is 1. The molecule has 5 rings (SSSR count). The minimum Gasteiger partial charge on any atom is -0.345 e. The summed E-state index contributed by atoms with van der Waals surface area (Å²) in [4.78, 5) is 20.7. The zero-order chi connectivity index (χ0) is 27.9. The summed E-state index contributed by atoms with van der Waals surface area (Å²) >= 11 is -2.58. The highest BCUT2D eigenvalue weighted by Gasteiger charge is 2.29. The highest BCUT2D eigenvalue weighted by atomic mass is 32.2. The predicted octanol–water partition coefficient (Wildman–Crippen LogP) is 4.53. The van der Waals surface area contributed by atoms with E-state index in [9.17, 15) is 26.4 Å². The molecule has 1 atom stereocenters. The quantitative estimate of drug-likeness (QED) is 0.188. The molecule has 39 heavy (non-hydrogen) atoms. The lowest BCUT2D eigenvalue weighted by Gasteiger charge is -2.20. The number of carbonyl (C=O) groups excluding carboxylic acids is 1. The topological polar surface area (TPSA) is 132 Å². The Hall–Kier alpha value is -3.52. The molecule has 1 saturated carbocycles. The number of fused-ring (bicyclic) bond motifs is 1. The third-order valence-electron chi connectivity index (χ3n) is 6.35. The molecule has 0 saturated heterocycles. The van der Waals surface area contributed by atoms with Crippen LogP contribution in [-0.2, 0) is 21.3 Å². The third kappa shape index (κ3) is 5.35. The zero-order valence-electron chi connectivity index (χ0n) is 20.6. The van der Waals surface area contributed by atoms with Gasteiger partial charge < -0.3 is 4.98 Å². The van der Waals surface area contributed by atoms with E-state index in [2.05, 4.69) is 14.7 Å². The van der Waals surface area contributed by atoms with Gasteiger partial charge in [0.1, 0.15) is 11.5 Å². The van der Waals surface area contributed by atoms with Crippen LogP contribution in [-0.4, -0.2) is 45.5 Å². The molecule has 0 spiro atoms. The van der Waals surface area contributed by atoms with Crippen LogP contribution in [0.4, 0.5) is 14.5 Å². The standard InChI is InChI=1S/C26H24F2N4O5S2/c1-2-11-32(38(34)35)22-10-9-21(27)23(24(22)28)25(33)20-14-30-26-19(20)12-16(13-29-26)15-3-7-18(8-4-15)39(36,37)31-17-5-6-17/h3-4,7-10,12-14,17,31H,2,5-6,11H2,1H3,(H,29,30)(H,34,35). The van der Waals surface area contributed by atoms with Gasteiger partial charge in [-0.2, -0.15) is 0 Å². The van der Waals surface area contributed by atoms with Crippen molar-refractivity contribution in [3.63, 3.8) is 0 Å². The lowest BCUT2D eigenvalue weighted by Crippen LogP contribution is -2.27. The van der Waals surface area contributed by atoms with Crippen LogP contribution in [0.25, 0.3) is 22.2 Å². The molecule has 0 amide bonds. The number of hydrogen-bond acceptors (Lipinski definition) is 5. The lowest BCUT2D eigenvalue weighted by molar-refractivity contribution is 0.103. The van der Waals surface area contributed by atoms with E-state index < -0.39 is 44.3 Å². The summed E-state index contributed by atoms with van der Waals surface area (Å²) < 4.78 is 79.9. The van der Waals surface area contributed by atoms with E-state index in [1.54, 1.807) is 25.1 Å². The van der Waals surface area contributed by atoms with Gasteiger partial charge in [0, 0.05) is 41.5 Å². The van der Waals surface area contributed by atoms with E-state index in [0.717, 1.165) is 29.3 Å². The van der Waals surface area contributed by atoms with Crippen molar-refractivity contribution in [1.29, 1.82) is 0 Å². The monoisotopic (exact) mass is 574 g/mol. The highest BCUT2D eigenvalue weighted by molar-refractivity contribution is 7.89. The first-order valence-electron chi connectivity index (χ1n) is 12.1. The van der Waals surface area contributed by atoms with Crippen molar-refractivity contribution < 1.29 is 30.8 Å². The number of rotatable bonds is 10. The summed E-state index contributed by atoms with van der Waals surface area (Å²) in [5, 5.41) is 0.296. The number of nitrogens with zero attached hydrogens (tertiary/aromatic N) is 2. The molecular formula is C26H24F2N4O5S2. The lowest BCUT2D eigenvalue weighted by atomic mass is 9.99. The fourth-order valence-electron chi connectivity index (χ4n) is 4.23. The number of carbonyl (C=O) groups is 1. The van der Waals surface area contributed by atoms with Gasteiger partial charge in [0.25, 0.3) is 11.3 Å². The van der Waals surface area contributed by atoms with Crippen molar-refractivity contribution in [2.45, 2.75) is 37.1 Å². The van der Waals surface area contributed by atoms with Crippen molar-refractivity contribution in [3.05, 3.63) is 77.6 Å². The van der Waals surface area contributed by atoms with Gasteiger partial charge in [-0.1, -0.05) is 19.1 Å². The molecule has 2 aromatic heterocycles. The molecule has 3 N–H and O–H groups in total. The van der Waals surface area contributed by atoms with E-state index in [4.69, 9.17) is 0 Å². The summed E-state index contributed by atoms with van der Waals surface area (Å²) in [6, 6.07) is 9.65. The van der Waals surface area contributed by atoms with Gasteiger partial charge in [0.15, 0.2) is 5.82 Å². The van der Waals surface area contributed by atoms with Crippen molar-refractivity contribution in [3.8, 4) is 11.1 Å². The maximum atomic E-state index is 15.4. The van der Waals surface area contributed by atoms with Crippen LogP contribution < -0.4 is 9.03 Å². The largest absolute Gasteiger partial charge is 0.345 e. The maximum Gasteiger partial charge on any atom is 0.261 e. The van der Waals surface area contributed by atoms with Crippen molar-refractivity contribution in [2.24, 2.45) is 0 Å². The van der Waals surface area contributed by atoms with E-state index in [1.165, 1.54) is 24.5 Å². The van der Waals surface area contributed by atoms with Gasteiger partial charge in [0.05, 0.1) is 16.1 Å². The molecule has 4 aromatic rings. The summed E-state index contributed by atoms with van der Waals surface area (Å²) in [6.45, 7) is 1.73. The van der Waals surface area contributed by atoms with Gasteiger partial charge in [0.2, 0.25) is 15.8 Å². The summed E-state index contributed by atoms with van der Waals surface area (Å²) in [7, 11) is -3.62. The second-order valence-corrected chi connectivity index (χ2v) is 11.8. The minimum absolute atomic E-state index is 0.0103. The molecule has 0 bridgehead atoms. The first-order chi connectivity index (χ1) is 18.6. The molecule has 1 fully saturated rings. The van der Waals surface area contributed by atoms with Crippen LogP contribution in [0, 0.1) is 11.6 Å². The number of benzene rings is 2. The third-order valence-corrected chi connectivity index (χ3v) is 8.65. The van der Waals surface area contributed by atoms with Crippen LogP contribution in [0.15, 0.2) is 59.8 Å². The molecule has 0 aliphatic heterocycles. The average Bonchev–Trinajstić information content (AvgIpc) is 3.61. The minimum atomic E-state index is -3.62. The first kappa shape index (κ1) is 27.1. The predicted molar refractivity (Wildman–Crippen MR) is 143 cm³/mol. The Morgan fingerprint density at radius 2 is 1.90 bits per heavy atom. The number of sulfonamides is 1. The molecule has 13 heteroatoms.